The Labute approximate surface area is 117 Å². The van der Waals surface area contributed by atoms with Gasteiger partial charge < -0.3 is 10.1 Å². The summed E-state index contributed by atoms with van der Waals surface area (Å²) >= 11 is 0. The summed E-state index contributed by atoms with van der Waals surface area (Å²) in [5.41, 5.74) is 1.02. The first-order valence-corrected chi connectivity index (χ1v) is 6.45. The van der Waals surface area contributed by atoms with Gasteiger partial charge in [0.25, 0.3) is 0 Å². The largest absolute Gasteiger partial charge is 0.494 e. The highest BCUT2D eigenvalue weighted by Crippen LogP contribution is 2.17. The van der Waals surface area contributed by atoms with E-state index in [4.69, 9.17) is 4.74 Å². The maximum absolute atomic E-state index is 13.5. The summed E-state index contributed by atoms with van der Waals surface area (Å²) in [6, 6.07) is 13.4. The van der Waals surface area contributed by atoms with Crippen molar-refractivity contribution in [1.29, 1.82) is 0 Å². The molecule has 3 nitrogen and oxygen atoms in total. The number of nitrogens with one attached hydrogen (secondary N) is 1. The second kappa shape index (κ2) is 6.70. The van der Waals surface area contributed by atoms with Gasteiger partial charge in [0.15, 0.2) is 0 Å². The zero-order valence-corrected chi connectivity index (χ0v) is 11.2. The normalized spacial score (nSPS) is 10.1. The van der Waals surface area contributed by atoms with E-state index < -0.39 is 0 Å². The molecule has 0 aliphatic rings. The molecule has 0 saturated carbocycles. The minimum Gasteiger partial charge on any atom is -0.494 e. The summed E-state index contributed by atoms with van der Waals surface area (Å²) in [7, 11) is 0. The van der Waals surface area contributed by atoms with E-state index in [1.807, 2.05) is 13.0 Å². The minimum absolute atomic E-state index is 0.00549. The molecule has 0 spiro atoms. The van der Waals surface area contributed by atoms with Crippen molar-refractivity contribution in [2.45, 2.75) is 13.3 Å². The smallest absolute Gasteiger partial charge is 0.228 e. The van der Waals surface area contributed by atoms with Crippen LogP contribution in [0.15, 0.2) is 48.5 Å². The fourth-order valence-electron chi connectivity index (χ4n) is 1.85. The molecule has 1 amide bonds. The number of ether oxygens (including phenoxy) is 1. The Morgan fingerprint density at radius 2 is 2.00 bits per heavy atom. The zero-order chi connectivity index (χ0) is 14.4. The van der Waals surface area contributed by atoms with Crippen molar-refractivity contribution in [3.8, 4) is 5.75 Å². The summed E-state index contributed by atoms with van der Waals surface area (Å²) in [6.07, 6.45) is 0.00549. The second-order valence-electron chi connectivity index (χ2n) is 4.28. The number of rotatable bonds is 5. The number of halogens is 1. The Hall–Kier alpha value is -2.36. The van der Waals surface area contributed by atoms with Crippen molar-refractivity contribution >= 4 is 11.6 Å². The van der Waals surface area contributed by atoms with Crippen molar-refractivity contribution in [3.05, 3.63) is 59.9 Å². The molecule has 0 aromatic heterocycles. The molecule has 2 rings (SSSR count). The summed E-state index contributed by atoms with van der Waals surface area (Å²) in [6.45, 7) is 2.45. The summed E-state index contributed by atoms with van der Waals surface area (Å²) in [4.78, 5) is 11.9. The van der Waals surface area contributed by atoms with E-state index >= 15 is 0 Å². The Morgan fingerprint density at radius 3 is 2.75 bits per heavy atom. The second-order valence-corrected chi connectivity index (χ2v) is 4.28. The van der Waals surface area contributed by atoms with Gasteiger partial charge in [-0.1, -0.05) is 24.3 Å². The molecule has 20 heavy (non-hydrogen) atoms. The van der Waals surface area contributed by atoms with Crippen molar-refractivity contribution in [2.24, 2.45) is 0 Å². The molecular weight excluding hydrogens is 257 g/mol. The average molecular weight is 273 g/mol. The van der Waals surface area contributed by atoms with E-state index in [-0.39, 0.29) is 18.1 Å². The lowest BCUT2D eigenvalue weighted by molar-refractivity contribution is -0.115. The van der Waals surface area contributed by atoms with Gasteiger partial charge in [0.05, 0.1) is 13.0 Å². The van der Waals surface area contributed by atoms with Crippen molar-refractivity contribution < 1.29 is 13.9 Å². The van der Waals surface area contributed by atoms with Gasteiger partial charge in [-0.3, -0.25) is 4.79 Å². The van der Waals surface area contributed by atoms with Gasteiger partial charge in [-0.15, -0.1) is 0 Å². The number of hydrogen-bond acceptors (Lipinski definition) is 2. The maximum atomic E-state index is 13.5. The molecule has 0 fully saturated rings. The zero-order valence-electron chi connectivity index (χ0n) is 11.2. The van der Waals surface area contributed by atoms with Crippen LogP contribution < -0.4 is 10.1 Å². The van der Waals surface area contributed by atoms with E-state index in [1.165, 1.54) is 6.07 Å². The van der Waals surface area contributed by atoms with E-state index in [2.05, 4.69) is 5.32 Å². The summed E-state index contributed by atoms with van der Waals surface area (Å²) < 4.78 is 18.8. The van der Waals surface area contributed by atoms with Crippen LogP contribution in [0.5, 0.6) is 5.75 Å². The number of carbonyl (C=O) groups is 1. The van der Waals surface area contributed by atoms with Crippen LogP contribution in [-0.2, 0) is 11.2 Å². The molecule has 0 aliphatic heterocycles. The van der Waals surface area contributed by atoms with Crippen LogP contribution in [0.3, 0.4) is 0 Å². The summed E-state index contributed by atoms with van der Waals surface area (Å²) in [5.74, 6) is 0.0608. The molecule has 0 radical (unpaired) electrons. The van der Waals surface area contributed by atoms with Crippen LogP contribution in [-0.4, -0.2) is 12.5 Å². The third-order valence-corrected chi connectivity index (χ3v) is 2.74. The van der Waals surface area contributed by atoms with Gasteiger partial charge in [-0.25, -0.2) is 4.39 Å². The van der Waals surface area contributed by atoms with Crippen LogP contribution in [0.25, 0.3) is 0 Å². The summed E-state index contributed by atoms with van der Waals surface area (Å²) in [5, 5.41) is 2.73. The lowest BCUT2D eigenvalue weighted by Gasteiger charge is -2.08. The maximum Gasteiger partial charge on any atom is 0.228 e. The van der Waals surface area contributed by atoms with E-state index in [1.54, 1.807) is 36.4 Å². The molecule has 0 heterocycles. The predicted molar refractivity (Wildman–Crippen MR) is 76.3 cm³/mol. The first-order chi connectivity index (χ1) is 9.69. The highest BCUT2D eigenvalue weighted by molar-refractivity contribution is 5.92. The van der Waals surface area contributed by atoms with Crippen LogP contribution in [0.1, 0.15) is 12.5 Å². The monoisotopic (exact) mass is 273 g/mol. The average Bonchev–Trinajstić information content (AvgIpc) is 2.42. The molecule has 0 aliphatic carbocycles. The molecule has 0 unspecified atom stereocenters. The quantitative estimate of drug-likeness (QED) is 0.906. The number of benzene rings is 2. The molecule has 0 saturated heterocycles. The number of hydrogen-bond donors (Lipinski definition) is 1. The minimum atomic E-state index is -0.370. The SMILES string of the molecule is CCOc1cccc(NC(=O)Cc2ccccc2F)c1. The first-order valence-electron chi connectivity index (χ1n) is 6.45. The third kappa shape index (κ3) is 3.82. The third-order valence-electron chi connectivity index (χ3n) is 2.74. The molecule has 104 valence electrons. The van der Waals surface area contributed by atoms with Gasteiger partial charge >= 0.3 is 0 Å². The Morgan fingerprint density at radius 1 is 1.20 bits per heavy atom. The lowest BCUT2D eigenvalue weighted by atomic mass is 10.1. The van der Waals surface area contributed by atoms with Gasteiger partial charge in [0.2, 0.25) is 5.91 Å². The van der Waals surface area contributed by atoms with Crippen LogP contribution in [0, 0.1) is 5.82 Å². The molecule has 2 aromatic carbocycles. The van der Waals surface area contributed by atoms with Gasteiger partial charge in [0, 0.05) is 11.8 Å². The number of carbonyl (C=O) groups excluding carboxylic acids is 1. The highest BCUT2D eigenvalue weighted by atomic mass is 19.1. The van der Waals surface area contributed by atoms with Crippen molar-refractivity contribution in [2.75, 3.05) is 11.9 Å². The van der Waals surface area contributed by atoms with E-state index in [0.717, 1.165) is 0 Å². The number of amides is 1. The van der Waals surface area contributed by atoms with E-state index in [0.29, 0.717) is 23.6 Å². The molecule has 0 atom stereocenters. The molecular formula is C16H16FNO2. The number of anilines is 1. The fourth-order valence-corrected chi connectivity index (χ4v) is 1.85. The van der Waals surface area contributed by atoms with Gasteiger partial charge in [0.1, 0.15) is 11.6 Å². The highest BCUT2D eigenvalue weighted by Gasteiger charge is 2.08. The standard InChI is InChI=1S/C16H16FNO2/c1-2-20-14-8-5-7-13(11-14)18-16(19)10-12-6-3-4-9-15(12)17/h3-9,11H,2,10H2,1H3,(H,18,19). The molecule has 1 N–H and O–H groups in total. The Bertz CT molecular complexity index is 599. The lowest BCUT2D eigenvalue weighted by Crippen LogP contribution is -2.15. The van der Waals surface area contributed by atoms with Crippen molar-refractivity contribution in [3.63, 3.8) is 0 Å². The first kappa shape index (κ1) is 14.1. The molecule has 0 bridgehead atoms. The molecule has 2 aromatic rings. The van der Waals surface area contributed by atoms with Gasteiger partial charge in [-0.2, -0.15) is 0 Å². The van der Waals surface area contributed by atoms with Crippen LogP contribution in [0.2, 0.25) is 0 Å². The van der Waals surface area contributed by atoms with Crippen LogP contribution in [0.4, 0.5) is 10.1 Å². The molecule has 4 heteroatoms. The predicted octanol–water partition coefficient (Wildman–Crippen LogP) is 3.41. The van der Waals surface area contributed by atoms with Crippen LogP contribution >= 0.6 is 0 Å². The van der Waals surface area contributed by atoms with Gasteiger partial charge in [-0.05, 0) is 30.7 Å². The Balaban J connectivity index is 2.01. The van der Waals surface area contributed by atoms with Crippen molar-refractivity contribution in [1.82, 2.24) is 0 Å². The van der Waals surface area contributed by atoms with E-state index in [9.17, 15) is 9.18 Å². The Kier molecular flexibility index (Phi) is 4.71. The fraction of sp³-hybridized carbons (Fsp3) is 0.188. The topological polar surface area (TPSA) is 38.3 Å².